The van der Waals surface area contributed by atoms with E-state index >= 15 is 0 Å². The summed E-state index contributed by atoms with van der Waals surface area (Å²) in [5.74, 6) is -0.640. The third kappa shape index (κ3) is 5.58. The summed E-state index contributed by atoms with van der Waals surface area (Å²) in [5, 5.41) is 5.39. The van der Waals surface area contributed by atoms with Crippen molar-refractivity contribution >= 4 is 17.5 Å². The lowest BCUT2D eigenvalue weighted by atomic mass is 10.1. The first-order chi connectivity index (χ1) is 14.1. The van der Waals surface area contributed by atoms with E-state index in [1.165, 1.54) is 0 Å². The zero-order valence-electron chi connectivity index (χ0n) is 16.9. The van der Waals surface area contributed by atoms with Crippen LogP contribution in [-0.4, -0.2) is 60.7 Å². The van der Waals surface area contributed by atoms with Gasteiger partial charge in [0, 0.05) is 44.3 Å². The number of carbonyl (C=O) groups excluding carboxylic acids is 2. The quantitative estimate of drug-likeness (QED) is 0.689. The molecule has 0 aliphatic carbocycles. The fourth-order valence-electron chi connectivity index (χ4n) is 3.39. The average molecular weight is 400 g/mol. The Morgan fingerprint density at radius 2 is 1.86 bits per heavy atom. The number of hydrogen-bond acceptors (Lipinski definition) is 5. The molecule has 1 aromatic carbocycles. The largest absolute Gasteiger partial charge is 0.494 e. The van der Waals surface area contributed by atoms with E-state index in [1.807, 2.05) is 36.9 Å². The van der Waals surface area contributed by atoms with Crippen molar-refractivity contribution in [3.05, 3.63) is 48.3 Å². The van der Waals surface area contributed by atoms with Gasteiger partial charge in [0.05, 0.1) is 25.9 Å². The summed E-state index contributed by atoms with van der Waals surface area (Å²) in [4.78, 5) is 26.9. The van der Waals surface area contributed by atoms with Crippen LogP contribution in [0.5, 0.6) is 5.75 Å². The lowest BCUT2D eigenvalue weighted by Crippen LogP contribution is -2.46. The zero-order chi connectivity index (χ0) is 20.6. The molecule has 8 nitrogen and oxygen atoms in total. The molecule has 2 aromatic rings. The number of nitrogens with zero attached hydrogens (tertiary/aromatic N) is 2. The Balaban J connectivity index is 1.58. The molecule has 0 radical (unpaired) electrons. The van der Waals surface area contributed by atoms with Gasteiger partial charge in [0.1, 0.15) is 5.75 Å². The van der Waals surface area contributed by atoms with Crippen molar-refractivity contribution in [1.29, 1.82) is 0 Å². The zero-order valence-corrected chi connectivity index (χ0v) is 16.9. The van der Waals surface area contributed by atoms with Crippen molar-refractivity contribution in [2.24, 2.45) is 7.05 Å². The summed E-state index contributed by atoms with van der Waals surface area (Å²) < 4.78 is 12.8. The van der Waals surface area contributed by atoms with Crippen molar-refractivity contribution < 1.29 is 19.1 Å². The van der Waals surface area contributed by atoms with E-state index in [2.05, 4.69) is 15.5 Å². The molecule has 1 atom stereocenters. The van der Waals surface area contributed by atoms with Crippen LogP contribution in [0.2, 0.25) is 0 Å². The molecule has 2 heterocycles. The van der Waals surface area contributed by atoms with Crippen LogP contribution >= 0.6 is 0 Å². The molecule has 1 aromatic heterocycles. The number of benzene rings is 1. The number of anilines is 1. The highest BCUT2D eigenvalue weighted by molar-refractivity contribution is 6.39. The summed E-state index contributed by atoms with van der Waals surface area (Å²) in [6, 6.07) is 10.9. The van der Waals surface area contributed by atoms with Crippen LogP contribution in [0.3, 0.4) is 0 Å². The topological polar surface area (TPSA) is 84.8 Å². The van der Waals surface area contributed by atoms with Crippen molar-refractivity contribution in [2.75, 3.05) is 44.8 Å². The number of hydrogen-bond donors (Lipinski definition) is 2. The van der Waals surface area contributed by atoms with Crippen molar-refractivity contribution in [2.45, 2.75) is 13.0 Å². The molecule has 2 N–H and O–H groups in total. The van der Waals surface area contributed by atoms with Crippen LogP contribution in [0, 0.1) is 0 Å². The molecule has 156 valence electrons. The van der Waals surface area contributed by atoms with Gasteiger partial charge in [0.25, 0.3) is 0 Å². The summed E-state index contributed by atoms with van der Waals surface area (Å²) in [6.07, 6.45) is 1.98. The Morgan fingerprint density at radius 3 is 2.48 bits per heavy atom. The van der Waals surface area contributed by atoms with E-state index in [0.29, 0.717) is 37.8 Å². The fraction of sp³-hybridized carbons (Fsp3) is 0.429. The minimum absolute atomic E-state index is 0.0267. The lowest BCUT2D eigenvalue weighted by molar-refractivity contribution is -0.136. The lowest BCUT2D eigenvalue weighted by Gasteiger charge is -2.34. The Morgan fingerprint density at radius 1 is 1.14 bits per heavy atom. The van der Waals surface area contributed by atoms with Crippen molar-refractivity contribution in [1.82, 2.24) is 14.8 Å². The molecule has 1 saturated heterocycles. The van der Waals surface area contributed by atoms with Crippen LogP contribution in [0.1, 0.15) is 18.7 Å². The highest BCUT2D eigenvalue weighted by Crippen LogP contribution is 2.21. The first kappa shape index (κ1) is 20.9. The van der Waals surface area contributed by atoms with Gasteiger partial charge in [0.2, 0.25) is 0 Å². The molecule has 1 fully saturated rings. The van der Waals surface area contributed by atoms with Gasteiger partial charge < -0.3 is 24.7 Å². The molecular formula is C21H28N4O4. The molecule has 0 bridgehead atoms. The van der Waals surface area contributed by atoms with Gasteiger partial charge in [-0.1, -0.05) is 0 Å². The first-order valence-electron chi connectivity index (χ1n) is 9.83. The molecule has 0 spiro atoms. The number of aromatic nitrogens is 1. The number of ether oxygens (including phenoxy) is 2. The minimum atomic E-state index is -0.693. The number of aryl methyl sites for hydroxylation is 1. The summed E-state index contributed by atoms with van der Waals surface area (Å²) >= 11 is 0. The monoisotopic (exact) mass is 400 g/mol. The van der Waals surface area contributed by atoms with Gasteiger partial charge in [-0.2, -0.15) is 0 Å². The summed E-state index contributed by atoms with van der Waals surface area (Å²) in [7, 11) is 1.98. The normalized spacial score (nSPS) is 15.5. The summed E-state index contributed by atoms with van der Waals surface area (Å²) in [5.41, 5.74) is 1.62. The number of carbonyl (C=O) groups is 2. The van der Waals surface area contributed by atoms with E-state index in [-0.39, 0.29) is 6.04 Å². The Bertz CT molecular complexity index is 812. The van der Waals surface area contributed by atoms with Gasteiger partial charge in [0.15, 0.2) is 0 Å². The molecule has 1 unspecified atom stereocenters. The number of nitrogens with one attached hydrogen (secondary N) is 2. The molecule has 1 aliphatic rings. The Labute approximate surface area is 170 Å². The van der Waals surface area contributed by atoms with Crippen LogP contribution in [0.15, 0.2) is 42.6 Å². The molecule has 2 amide bonds. The van der Waals surface area contributed by atoms with Gasteiger partial charge in [-0.05, 0) is 43.3 Å². The molecule has 8 heteroatoms. The molecule has 0 saturated carbocycles. The predicted octanol–water partition coefficient (Wildman–Crippen LogP) is 1.55. The molecule has 3 rings (SSSR count). The number of rotatable bonds is 7. The van der Waals surface area contributed by atoms with E-state index < -0.39 is 11.8 Å². The smallest absolute Gasteiger partial charge is 0.313 e. The number of morpholine rings is 1. The SMILES string of the molecule is CCOc1ccc(NC(=O)C(=O)NCC(c2cccn2C)N2CCOCC2)cc1. The van der Waals surface area contributed by atoms with Gasteiger partial charge in [-0.25, -0.2) is 0 Å². The molecule has 1 aliphatic heterocycles. The van der Waals surface area contributed by atoms with Gasteiger partial charge in [-0.15, -0.1) is 0 Å². The molecule has 29 heavy (non-hydrogen) atoms. The second-order valence-electron chi connectivity index (χ2n) is 6.83. The van der Waals surface area contributed by atoms with Gasteiger partial charge >= 0.3 is 11.8 Å². The maximum absolute atomic E-state index is 12.4. The highest BCUT2D eigenvalue weighted by Gasteiger charge is 2.26. The van der Waals surface area contributed by atoms with Crippen LogP contribution in [-0.2, 0) is 21.4 Å². The van der Waals surface area contributed by atoms with Crippen LogP contribution in [0.4, 0.5) is 5.69 Å². The first-order valence-corrected chi connectivity index (χ1v) is 9.83. The minimum Gasteiger partial charge on any atom is -0.494 e. The van der Waals surface area contributed by atoms with E-state index in [0.717, 1.165) is 18.8 Å². The average Bonchev–Trinajstić information content (AvgIpc) is 3.16. The third-order valence-electron chi connectivity index (χ3n) is 4.90. The maximum Gasteiger partial charge on any atom is 0.313 e. The van der Waals surface area contributed by atoms with E-state index in [1.54, 1.807) is 24.3 Å². The van der Waals surface area contributed by atoms with E-state index in [4.69, 9.17) is 9.47 Å². The van der Waals surface area contributed by atoms with Crippen molar-refractivity contribution in [3.63, 3.8) is 0 Å². The summed E-state index contributed by atoms with van der Waals surface area (Å²) in [6.45, 7) is 5.70. The predicted molar refractivity (Wildman–Crippen MR) is 110 cm³/mol. The van der Waals surface area contributed by atoms with Gasteiger partial charge in [-0.3, -0.25) is 14.5 Å². The third-order valence-corrected chi connectivity index (χ3v) is 4.90. The standard InChI is InChI=1S/C21H28N4O4/c1-3-29-17-8-6-16(7-9-17)23-21(27)20(26)22-15-19(18-5-4-10-24(18)2)25-11-13-28-14-12-25/h4-10,19H,3,11-15H2,1-2H3,(H,22,26)(H,23,27). The highest BCUT2D eigenvalue weighted by atomic mass is 16.5. The Hall–Kier alpha value is -2.84. The van der Waals surface area contributed by atoms with Crippen LogP contribution in [0.25, 0.3) is 0 Å². The van der Waals surface area contributed by atoms with Crippen LogP contribution < -0.4 is 15.4 Å². The second kappa shape index (κ2) is 10.1. The van der Waals surface area contributed by atoms with E-state index in [9.17, 15) is 9.59 Å². The maximum atomic E-state index is 12.4. The molecular weight excluding hydrogens is 372 g/mol. The second-order valence-corrected chi connectivity index (χ2v) is 6.83. The Kier molecular flexibility index (Phi) is 7.26. The van der Waals surface area contributed by atoms with Crippen molar-refractivity contribution in [3.8, 4) is 5.75 Å². The fourth-order valence-corrected chi connectivity index (χ4v) is 3.39. The number of amides is 2.